The van der Waals surface area contributed by atoms with Gasteiger partial charge >= 0.3 is 0 Å². The molecule has 0 radical (unpaired) electrons. The van der Waals surface area contributed by atoms with Crippen LogP contribution in [0.5, 0.6) is 0 Å². The van der Waals surface area contributed by atoms with Crippen molar-refractivity contribution in [3.05, 3.63) is 98.5 Å². The Morgan fingerprint density at radius 2 is 1.93 bits per heavy atom. The van der Waals surface area contributed by atoms with Crippen molar-refractivity contribution in [2.45, 2.75) is 26.3 Å². The summed E-state index contributed by atoms with van der Waals surface area (Å²) in [7, 11) is 0. The van der Waals surface area contributed by atoms with E-state index in [0.29, 0.717) is 36.3 Å². The van der Waals surface area contributed by atoms with E-state index in [1.165, 1.54) is 12.1 Å². The lowest BCUT2D eigenvalue weighted by Crippen LogP contribution is -2.40. The third-order valence-electron chi connectivity index (χ3n) is 5.07. The molecule has 1 N–H and O–H groups in total. The Labute approximate surface area is 161 Å². The van der Waals surface area contributed by atoms with Crippen LogP contribution >= 0.6 is 0 Å². The van der Waals surface area contributed by atoms with E-state index < -0.39 is 0 Å². The monoisotopic (exact) mass is 377 g/mol. The third kappa shape index (κ3) is 3.58. The lowest BCUT2D eigenvalue weighted by Gasteiger charge is -2.28. The van der Waals surface area contributed by atoms with Gasteiger partial charge in [0.1, 0.15) is 11.6 Å². The highest BCUT2D eigenvalue weighted by Crippen LogP contribution is 2.19. The van der Waals surface area contributed by atoms with Gasteiger partial charge in [0, 0.05) is 24.9 Å². The van der Waals surface area contributed by atoms with Crippen molar-refractivity contribution < 1.29 is 9.18 Å². The Hall–Kier alpha value is -3.28. The van der Waals surface area contributed by atoms with E-state index in [0.717, 1.165) is 16.8 Å². The SMILES string of the molecule is Cc1ccccc1C(=O)N1CCc2nc(Cc3ccc(F)cc3)[nH]c(=O)c2C1. The number of carbonyl (C=O) groups excluding carboxylic acids is 1. The molecule has 0 atom stereocenters. The number of hydrogen-bond donors (Lipinski definition) is 1. The van der Waals surface area contributed by atoms with Crippen molar-refractivity contribution in [1.82, 2.24) is 14.9 Å². The predicted octanol–water partition coefficient (Wildman–Crippen LogP) is 3.01. The molecule has 0 bridgehead atoms. The first-order valence-corrected chi connectivity index (χ1v) is 9.21. The van der Waals surface area contributed by atoms with Crippen LogP contribution in [0.3, 0.4) is 0 Å². The largest absolute Gasteiger partial charge is 0.334 e. The quantitative estimate of drug-likeness (QED) is 0.763. The van der Waals surface area contributed by atoms with Crippen molar-refractivity contribution in [1.29, 1.82) is 0 Å². The maximum atomic E-state index is 13.1. The van der Waals surface area contributed by atoms with Gasteiger partial charge in [-0.05, 0) is 36.2 Å². The van der Waals surface area contributed by atoms with Crippen LogP contribution in [0.2, 0.25) is 0 Å². The summed E-state index contributed by atoms with van der Waals surface area (Å²) in [4.78, 5) is 34.5. The average Bonchev–Trinajstić information content (AvgIpc) is 2.69. The lowest BCUT2D eigenvalue weighted by atomic mass is 10.0. The molecule has 2 heterocycles. The van der Waals surface area contributed by atoms with Crippen LogP contribution in [0.15, 0.2) is 53.3 Å². The molecule has 0 spiro atoms. The van der Waals surface area contributed by atoms with Crippen molar-refractivity contribution in [2.75, 3.05) is 6.54 Å². The smallest absolute Gasteiger partial charge is 0.256 e. The standard InChI is InChI=1S/C22H20FN3O2/c1-14-4-2-3-5-17(14)22(28)26-11-10-19-18(13-26)21(27)25-20(24-19)12-15-6-8-16(23)9-7-15/h2-9H,10-13H2,1H3,(H,24,25,27). The zero-order chi connectivity index (χ0) is 19.7. The molecule has 2 aromatic carbocycles. The topological polar surface area (TPSA) is 66.1 Å². The number of carbonyl (C=O) groups is 1. The number of nitrogens with one attached hydrogen (secondary N) is 1. The molecule has 1 aromatic heterocycles. The van der Waals surface area contributed by atoms with Gasteiger partial charge in [0.25, 0.3) is 11.5 Å². The minimum Gasteiger partial charge on any atom is -0.334 e. The van der Waals surface area contributed by atoms with Gasteiger partial charge in [-0.3, -0.25) is 9.59 Å². The molecular weight excluding hydrogens is 357 g/mol. The maximum Gasteiger partial charge on any atom is 0.256 e. The maximum absolute atomic E-state index is 13.1. The summed E-state index contributed by atoms with van der Waals surface area (Å²) in [5.74, 6) is 0.182. The number of benzene rings is 2. The van der Waals surface area contributed by atoms with E-state index in [1.54, 1.807) is 17.0 Å². The molecule has 0 aliphatic carbocycles. The summed E-state index contributed by atoms with van der Waals surface area (Å²) < 4.78 is 13.1. The Morgan fingerprint density at radius 3 is 2.68 bits per heavy atom. The highest BCUT2D eigenvalue weighted by atomic mass is 19.1. The summed E-state index contributed by atoms with van der Waals surface area (Å²) in [5.41, 5.74) is 3.50. The first-order chi connectivity index (χ1) is 13.5. The number of halogens is 1. The van der Waals surface area contributed by atoms with Crippen LogP contribution in [0.25, 0.3) is 0 Å². The molecule has 0 saturated carbocycles. The Balaban J connectivity index is 1.56. The Morgan fingerprint density at radius 1 is 1.18 bits per heavy atom. The third-order valence-corrected chi connectivity index (χ3v) is 5.07. The number of nitrogens with zero attached hydrogens (tertiary/aromatic N) is 2. The number of H-pyrrole nitrogens is 1. The summed E-state index contributed by atoms with van der Waals surface area (Å²) >= 11 is 0. The van der Waals surface area contributed by atoms with Crippen LogP contribution in [-0.2, 0) is 19.4 Å². The summed E-state index contributed by atoms with van der Waals surface area (Å²) in [6.07, 6.45) is 0.960. The fraction of sp³-hybridized carbons (Fsp3) is 0.227. The van der Waals surface area contributed by atoms with Gasteiger partial charge in [0.15, 0.2) is 0 Å². The van der Waals surface area contributed by atoms with Gasteiger partial charge in [-0.25, -0.2) is 9.37 Å². The summed E-state index contributed by atoms with van der Waals surface area (Å²) in [6, 6.07) is 13.6. The molecule has 6 heteroatoms. The van der Waals surface area contributed by atoms with E-state index in [2.05, 4.69) is 9.97 Å². The van der Waals surface area contributed by atoms with Gasteiger partial charge < -0.3 is 9.88 Å². The molecule has 0 saturated heterocycles. The number of aryl methyl sites for hydroxylation is 1. The highest BCUT2D eigenvalue weighted by molar-refractivity contribution is 5.95. The molecule has 4 rings (SSSR count). The molecule has 1 aliphatic heterocycles. The zero-order valence-corrected chi connectivity index (χ0v) is 15.5. The van der Waals surface area contributed by atoms with Crippen molar-refractivity contribution >= 4 is 5.91 Å². The number of hydrogen-bond acceptors (Lipinski definition) is 3. The predicted molar refractivity (Wildman–Crippen MR) is 104 cm³/mol. The van der Waals surface area contributed by atoms with Crippen molar-refractivity contribution in [3.63, 3.8) is 0 Å². The minimum atomic E-state index is -0.297. The Kier molecular flexibility index (Phi) is 4.77. The molecule has 5 nitrogen and oxygen atoms in total. The minimum absolute atomic E-state index is 0.0708. The first kappa shape index (κ1) is 18.1. The molecule has 142 valence electrons. The number of rotatable bonds is 3. The van der Waals surface area contributed by atoms with Crippen molar-refractivity contribution in [2.24, 2.45) is 0 Å². The zero-order valence-electron chi connectivity index (χ0n) is 15.5. The Bertz CT molecular complexity index is 1090. The fourth-order valence-corrected chi connectivity index (χ4v) is 3.51. The molecule has 28 heavy (non-hydrogen) atoms. The normalized spacial score (nSPS) is 13.3. The van der Waals surface area contributed by atoms with Gasteiger partial charge in [0.05, 0.1) is 17.8 Å². The van der Waals surface area contributed by atoms with E-state index in [9.17, 15) is 14.0 Å². The van der Waals surface area contributed by atoms with Crippen LogP contribution < -0.4 is 5.56 Å². The number of aromatic nitrogens is 2. The van der Waals surface area contributed by atoms with E-state index in [-0.39, 0.29) is 23.8 Å². The summed E-state index contributed by atoms with van der Waals surface area (Å²) in [6.45, 7) is 2.68. The second kappa shape index (κ2) is 7.38. The van der Waals surface area contributed by atoms with Crippen molar-refractivity contribution in [3.8, 4) is 0 Å². The molecular formula is C22H20FN3O2. The fourth-order valence-electron chi connectivity index (χ4n) is 3.51. The molecule has 0 fully saturated rings. The van der Waals surface area contributed by atoms with E-state index in [4.69, 9.17) is 0 Å². The second-order valence-electron chi connectivity index (χ2n) is 7.03. The highest BCUT2D eigenvalue weighted by Gasteiger charge is 2.26. The average molecular weight is 377 g/mol. The second-order valence-corrected chi connectivity index (χ2v) is 7.03. The van der Waals surface area contributed by atoms with Gasteiger partial charge in [-0.1, -0.05) is 30.3 Å². The van der Waals surface area contributed by atoms with Crippen LogP contribution in [0, 0.1) is 12.7 Å². The van der Waals surface area contributed by atoms with Crippen LogP contribution in [0.1, 0.15) is 38.6 Å². The van der Waals surface area contributed by atoms with E-state index >= 15 is 0 Å². The van der Waals surface area contributed by atoms with E-state index in [1.807, 2.05) is 31.2 Å². The number of fused-ring (bicyclic) bond motifs is 1. The van der Waals surface area contributed by atoms with Crippen LogP contribution in [0.4, 0.5) is 4.39 Å². The summed E-state index contributed by atoms with van der Waals surface area (Å²) in [5, 5.41) is 0. The lowest BCUT2D eigenvalue weighted by molar-refractivity contribution is 0.0731. The van der Waals surface area contributed by atoms with Gasteiger partial charge in [-0.2, -0.15) is 0 Å². The number of aromatic amines is 1. The number of amides is 1. The first-order valence-electron chi connectivity index (χ1n) is 9.21. The molecule has 1 aliphatic rings. The van der Waals surface area contributed by atoms with Gasteiger partial charge in [-0.15, -0.1) is 0 Å². The molecule has 0 unspecified atom stereocenters. The molecule has 3 aromatic rings. The van der Waals surface area contributed by atoms with Gasteiger partial charge in [0.2, 0.25) is 0 Å². The molecule has 1 amide bonds. The van der Waals surface area contributed by atoms with Crippen LogP contribution in [-0.4, -0.2) is 27.3 Å².